The van der Waals surface area contributed by atoms with Gasteiger partial charge < -0.3 is 13.3 Å². The molecule has 1 unspecified atom stereocenters. The van der Waals surface area contributed by atoms with E-state index < -0.39 is 19.7 Å². The minimum atomic E-state index is -0.557. The van der Waals surface area contributed by atoms with Crippen LogP contribution >= 0.6 is 0 Å². The van der Waals surface area contributed by atoms with Crippen LogP contribution in [0.3, 0.4) is 0 Å². The first-order valence-corrected chi connectivity index (χ1v) is 12.4. The maximum absolute atomic E-state index is 5.83. The molecule has 0 radical (unpaired) electrons. The molecule has 1 atom stereocenters. The Morgan fingerprint density at radius 2 is 1.81 bits per heavy atom. The molecule has 0 aromatic carbocycles. The fourth-order valence-corrected chi connectivity index (χ4v) is 6.61. The van der Waals surface area contributed by atoms with Crippen molar-refractivity contribution in [2.24, 2.45) is 0 Å². The van der Waals surface area contributed by atoms with E-state index in [2.05, 4.69) is 35.6 Å². The van der Waals surface area contributed by atoms with Crippen LogP contribution in [0.2, 0.25) is 6.04 Å². The molecule has 126 valence electrons. The van der Waals surface area contributed by atoms with Gasteiger partial charge in [-0.05, 0) is 33.2 Å². The van der Waals surface area contributed by atoms with E-state index in [1.54, 1.807) is 0 Å². The lowest BCUT2D eigenvalue weighted by molar-refractivity contribution is 0.0891. The van der Waals surface area contributed by atoms with Crippen molar-refractivity contribution in [1.82, 2.24) is 14.8 Å². The van der Waals surface area contributed by atoms with Crippen molar-refractivity contribution in [1.29, 1.82) is 0 Å². The Morgan fingerprint density at radius 1 is 1.05 bits per heavy atom. The lowest BCUT2D eigenvalue weighted by Crippen LogP contribution is -2.58. The first-order valence-electron chi connectivity index (χ1n) is 8.22. The Kier molecular flexibility index (Phi) is 12.0. The number of hydrogen-bond donors (Lipinski definition) is 1. The number of rotatable bonds is 12. The average molecular weight is 352 g/mol. The summed E-state index contributed by atoms with van der Waals surface area (Å²) in [5.41, 5.74) is 0.629. The van der Waals surface area contributed by atoms with Crippen LogP contribution in [0, 0.1) is 0 Å². The van der Waals surface area contributed by atoms with Gasteiger partial charge in [0.15, 0.2) is 19.5 Å². The van der Waals surface area contributed by atoms with Gasteiger partial charge in [0.1, 0.15) is 0 Å². The van der Waals surface area contributed by atoms with Gasteiger partial charge in [-0.3, -0.25) is 14.8 Å². The zero-order chi connectivity index (χ0) is 15.3. The molecule has 1 aliphatic rings. The van der Waals surface area contributed by atoms with E-state index in [0.717, 1.165) is 39.8 Å². The van der Waals surface area contributed by atoms with Crippen molar-refractivity contribution in [2.75, 3.05) is 39.8 Å². The summed E-state index contributed by atoms with van der Waals surface area (Å²) in [6, 6.07) is 1.26. The molecular weight excluding hydrogens is 318 g/mol. The third-order valence-corrected chi connectivity index (χ3v) is 8.30. The topological polar surface area (TPSA) is 46.2 Å². The van der Waals surface area contributed by atoms with Gasteiger partial charge in [-0.15, -0.1) is 0 Å². The Bertz CT molecular complexity index is 255. The summed E-state index contributed by atoms with van der Waals surface area (Å²) in [5.74, 6) is 0. The van der Waals surface area contributed by atoms with E-state index in [1.807, 2.05) is 0 Å². The van der Waals surface area contributed by atoms with Gasteiger partial charge in [0.25, 0.3) is 0 Å². The van der Waals surface area contributed by atoms with Crippen LogP contribution in [0.5, 0.6) is 0 Å². The van der Waals surface area contributed by atoms with Crippen molar-refractivity contribution < 1.29 is 13.3 Å². The highest BCUT2D eigenvalue weighted by molar-refractivity contribution is 6.31. The first kappa shape index (κ1) is 19.5. The molecule has 0 aromatic heterocycles. The normalized spacial score (nSPS) is 20.7. The molecule has 1 fully saturated rings. The van der Waals surface area contributed by atoms with Crippen LogP contribution < -0.4 is 5.32 Å². The van der Waals surface area contributed by atoms with E-state index in [0.29, 0.717) is 5.67 Å². The maximum atomic E-state index is 5.83. The summed E-state index contributed by atoms with van der Waals surface area (Å²) in [7, 11) is -1.38. The minimum Gasteiger partial charge on any atom is -0.424 e. The molecular formula is C12H33N3O3Si3. The van der Waals surface area contributed by atoms with Crippen LogP contribution in [-0.4, -0.2) is 84.4 Å². The molecule has 0 amide bonds. The highest BCUT2D eigenvalue weighted by Crippen LogP contribution is 2.10. The lowest BCUT2D eigenvalue weighted by Gasteiger charge is -2.40. The largest absolute Gasteiger partial charge is 0.424 e. The molecule has 21 heavy (non-hydrogen) atoms. The zero-order valence-electron chi connectivity index (χ0n) is 14.0. The van der Waals surface area contributed by atoms with Gasteiger partial charge in [-0.2, -0.15) is 0 Å². The molecule has 0 aromatic rings. The number of nitrogens with one attached hydrogen (secondary N) is 1. The van der Waals surface area contributed by atoms with E-state index in [9.17, 15) is 0 Å². The van der Waals surface area contributed by atoms with E-state index in [1.165, 1.54) is 12.5 Å². The highest BCUT2D eigenvalue weighted by Gasteiger charge is 2.24. The summed E-state index contributed by atoms with van der Waals surface area (Å²) in [5, 5.41) is 3.51. The van der Waals surface area contributed by atoms with Crippen molar-refractivity contribution >= 4 is 29.5 Å². The molecule has 9 heteroatoms. The third kappa shape index (κ3) is 8.57. The molecule has 0 spiro atoms. The molecule has 0 saturated carbocycles. The fraction of sp³-hybridized carbons (Fsp3) is 1.00. The van der Waals surface area contributed by atoms with Crippen LogP contribution in [0.15, 0.2) is 0 Å². The monoisotopic (exact) mass is 351 g/mol. The van der Waals surface area contributed by atoms with Crippen molar-refractivity contribution in [3.05, 3.63) is 0 Å². The smallest absolute Gasteiger partial charge is 0.240 e. The van der Waals surface area contributed by atoms with Crippen LogP contribution in [0.4, 0.5) is 0 Å². The molecule has 1 rings (SSSR count). The van der Waals surface area contributed by atoms with Crippen molar-refractivity contribution in [2.45, 2.75) is 38.9 Å². The van der Waals surface area contributed by atoms with E-state index in [4.69, 9.17) is 13.3 Å². The molecule has 0 aliphatic carbocycles. The Morgan fingerprint density at radius 3 is 2.52 bits per heavy atom. The number of hydrogen-bond acceptors (Lipinski definition) is 6. The Balaban J connectivity index is 2.39. The molecule has 1 heterocycles. The summed E-state index contributed by atoms with van der Waals surface area (Å²) < 4.78 is 19.5. The molecule has 0 bridgehead atoms. The Hall–Kier alpha value is 0.411. The van der Waals surface area contributed by atoms with Gasteiger partial charge >= 0.3 is 0 Å². The van der Waals surface area contributed by atoms with Gasteiger partial charge in [0.05, 0.1) is 6.67 Å². The quantitative estimate of drug-likeness (QED) is 0.340. The van der Waals surface area contributed by atoms with Crippen molar-refractivity contribution in [3.8, 4) is 0 Å². The second-order valence-corrected chi connectivity index (χ2v) is 10.0. The standard InChI is InChI=1S/C12H33N3O3Si3/c1-4-16-19-8-7-12(20-17-5-2)14-9-13-10-15(11-14)21-18-6-3/h12-13H,4-11,19-21H2,1-3H3. The predicted molar refractivity (Wildman–Crippen MR) is 95.1 cm³/mol. The lowest BCUT2D eigenvalue weighted by atomic mass is 10.4. The second-order valence-electron chi connectivity index (χ2n) is 5.24. The molecule has 6 nitrogen and oxygen atoms in total. The van der Waals surface area contributed by atoms with Crippen LogP contribution in [-0.2, 0) is 13.3 Å². The SMILES string of the molecule is CCO[SiH2]CCC([SiH2]OCC)N1CNCN([SiH2]OCC)C1. The molecule has 1 N–H and O–H groups in total. The molecule has 1 saturated heterocycles. The fourth-order valence-electron chi connectivity index (χ4n) is 2.45. The minimum absolute atomic E-state index is 0.327. The summed E-state index contributed by atoms with van der Waals surface area (Å²) >= 11 is 0. The van der Waals surface area contributed by atoms with Gasteiger partial charge in [-0.1, -0.05) is 0 Å². The summed E-state index contributed by atoms with van der Waals surface area (Å²) in [6.45, 7) is 11.8. The van der Waals surface area contributed by atoms with Gasteiger partial charge in [0, 0.05) is 38.8 Å². The number of nitrogens with zero attached hydrogens (tertiary/aromatic N) is 2. The first-order chi connectivity index (χ1) is 10.3. The summed E-state index contributed by atoms with van der Waals surface area (Å²) in [4.78, 5) is 2.55. The average Bonchev–Trinajstić information content (AvgIpc) is 2.52. The Labute approximate surface area is 136 Å². The predicted octanol–water partition coefficient (Wildman–Crippen LogP) is -1.52. The maximum Gasteiger partial charge on any atom is 0.240 e. The van der Waals surface area contributed by atoms with Gasteiger partial charge in [0.2, 0.25) is 9.92 Å². The van der Waals surface area contributed by atoms with Crippen LogP contribution in [0.1, 0.15) is 27.2 Å². The zero-order valence-corrected chi connectivity index (χ0v) is 18.2. The van der Waals surface area contributed by atoms with E-state index >= 15 is 0 Å². The van der Waals surface area contributed by atoms with Crippen molar-refractivity contribution in [3.63, 3.8) is 0 Å². The van der Waals surface area contributed by atoms with E-state index in [-0.39, 0.29) is 9.76 Å². The van der Waals surface area contributed by atoms with Gasteiger partial charge in [-0.25, -0.2) is 0 Å². The molecule has 1 aliphatic heterocycles. The second kappa shape index (κ2) is 12.9. The third-order valence-electron chi connectivity index (χ3n) is 3.57. The summed E-state index contributed by atoms with van der Waals surface area (Å²) in [6.07, 6.45) is 1.24. The highest BCUT2D eigenvalue weighted by atomic mass is 28.2. The van der Waals surface area contributed by atoms with Crippen LogP contribution in [0.25, 0.3) is 0 Å².